The summed E-state index contributed by atoms with van der Waals surface area (Å²) >= 11 is 0. The van der Waals surface area contributed by atoms with Crippen LogP contribution in [0.25, 0.3) is 0 Å². The molecule has 0 bridgehead atoms. The van der Waals surface area contributed by atoms with E-state index in [0.29, 0.717) is 5.41 Å². The fourth-order valence-electron chi connectivity index (χ4n) is 4.74. The Morgan fingerprint density at radius 2 is 1.52 bits per heavy atom. The average Bonchev–Trinajstić information content (AvgIpc) is 2.46. The van der Waals surface area contributed by atoms with Crippen molar-refractivity contribution in [2.24, 2.45) is 23.0 Å². The molecule has 21 heavy (non-hydrogen) atoms. The van der Waals surface area contributed by atoms with Crippen molar-refractivity contribution >= 4 is 0 Å². The van der Waals surface area contributed by atoms with Crippen molar-refractivity contribution in [1.29, 1.82) is 0 Å². The predicted molar refractivity (Wildman–Crippen MR) is 92.4 cm³/mol. The van der Waals surface area contributed by atoms with Crippen molar-refractivity contribution in [1.82, 2.24) is 4.90 Å². The smallest absolute Gasteiger partial charge is 0.0331 e. The molecule has 2 N–H and O–H groups in total. The molecule has 0 aromatic rings. The summed E-state index contributed by atoms with van der Waals surface area (Å²) in [6, 6.07) is 0.774. The van der Waals surface area contributed by atoms with Gasteiger partial charge >= 0.3 is 0 Å². The van der Waals surface area contributed by atoms with Crippen LogP contribution >= 0.6 is 0 Å². The van der Waals surface area contributed by atoms with Gasteiger partial charge in [0.25, 0.3) is 0 Å². The van der Waals surface area contributed by atoms with Gasteiger partial charge in [-0.25, -0.2) is 0 Å². The molecule has 0 atom stereocenters. The highest BCUT2D eigenvalue weighted by Crippen LogP contribution is 2.44. The number of nitrogens with zero attached hydrogens (tertiary/aromatic N) is 1. The first-order chi connectivity index (χ1) is 9.78. The van der Waals surface area contributed by atoms with Gasteiger partial charge < -0.3 is 5.73 Å². The molecule has 2 aliphatic carbocycles. The fraction of sp³-hybridized carbons (Fsp3) is 1.00. The Morgan fingerprint density at radius 3 is 1.95 bits per heavy atom. The van der Waals surface area contributed by atoms with E-state index in [9.17, 15) is 0 Å². The van der Waals surface area contributed by atoms with Crippen molar-refractivity contribution in [3.63, 3.8) is 0 Å². The number of nitrogens with two attached hydrogens (primary N) is 1. The molecule has 0 radical (unpaired) electrons. The van der Waals surface area contributed by atoms with Crippen molar-refractivity contribution in [3.8, 4) is 0 Å². The molecule has 0 saturated heterocycles. The minimum atomic E-state index is 0.285. The normalized spacial score (nSPS) is 38.7. The van der Waals surface area contributed by atoms with Crippen molar-refractivity contribution < 1.29 is 0 Å². The maximum absolute atomic E-state index is 6.29. The van der Waals surface area contributed by atoms with Gasteiger partial charge in [0.1, 0.15) is 0 Å². The van der Waals surface area contributed by atoms with Crippen LogP contribution in [0.15, 0.2) is 0 Å². The number of hydrogen-bond donors (Lipinski definition) is 1. The van der Waals surface area contributed by atoms with E-state index in [-0.39, 0.29) is 5.54 Å². The summed E-state index contributed by atoms with van der Waals surface area (Å²) in [7, 11) is 2.37. The lowest BCUT2D eigenvalue weighted by Gasteiger charge is -2.52. The number of likely N-dealkylation sites (N-methyl/N-ethyl adjacent to an activating group) is 1. The monoisotopic (exact) mass is 294 g/mol. The van der Waals surface area contributed by atoms with Crippen molar-refractivity contribution in [2.75, 3.05) is 13.6 Å². The molecule has 0 spiro atoms. The second kappa shape index (κ2) is 6.58. The van der Waals surface area contributed by atoms with Gasteiger partial charge in [0.05, 0.1) is 0 Å². The van der Waals surface area contributed by atoms with E-state index in [1.54, 1.807) is 0 Å². The predicted octanol–water partition coefficient (Wildman–Crippen LogP) is 4.43. The number of rotatable bonds is 3. The zero-order chi connectivity index (χ0) is 15.7. The zero-order valence-corrected chi connectivity index (χ0v) is 15.1. The molecule has 2 fully saturated rings. The Kier molecular flexibility index (Phi) is 5.41. The van der Waals surface area contributed by atoms with Gasteiger partial charge in [0.2, 0.25) is 0 Å². The molecular weight excluding hydrogens is 256 g/mol. The topological polar surface area (TPSA) is 29.3 Å². The Morgan fingerprint density at radius 1 is 1.00 bits per heavy atom. The highest BCUT2D eigenvalue weighted by atomic mass is 15.2. The summed E-state index contributed by atoms with van der Waals surface area (Å²) in [6.07, 6.45) is 10.9. The third-order valence-electron chi connectivity index (χ3n) is 6.80. The van der Waals surface area contributed by atoms with E-state index in [4.69, 9.17) is 5.73 Å². The summed E-state index contributed by atoms with van der Waals surface area (Å²) in [5, 5.41) is 0. The van der Waals surface area contributed by atoms with Crippen LogP contribution in [-0.4, -0.2) is 30.1 Å². The molecule has 2 aliphatic rings. The Bertz CT molecular complexity index is 315. The van der Waals surface area contributed by atoms with Gasteiger partial charge in [0.15, 0.2) is 0 Å². The first kappa shape index (κ1) is 17.3. The summed E-state index contributed by atoms with van der Waals surface area (Å²) in [6.45, 7) is 10.5. The van der Waals surface area contributed by atoms with Gasteiger partial charge in [-0.15, -0.1) is 0 Å². The second-order valence-corrected chi connectivity index (χ2v) is 9.09. The van der Waals surface area contributed by atoms with E-state index in [1.807, 2.05) is 0 Å². The van der Waals surface area contributed by atoms with Crippen LogP contribution in [0, 0.1) is 17.3 Å². The van der Waals surface area contributed by atoms with Crippen LogP contribution in [0.2, 0.25) is 0 Å². The molecule has 2 heteroatoms. The molecule has 2 rings (SSSR count). The van der Waals surface area contributed by atoms with Crippen LogP contribution in [-0.2, 0) is 0 Å². The molecule has 0 amide bonds. The molecule has 0 heterocycles. The van der Waals surface area contributed by atoms with Gasteiger partial charge in [-0.3, -0.25) is 4.90 Å². The highest BCUT2D eigenvalue weighted by Gasteiger charge is 2.42. The summed E-state index contributed by atoms with van der Waals surface area (Å²) < 4.78 is 0. The van der Waals surface area contributed by atoms with Gasteiger partial charge in [-0.1, -0.05) is 27.7 Å². The van der Waals surface area contributed by atoms with E-state index < -0.39 is 0 Å². The summed E-state index contributed by atoms with van der Waals surface area (Å²) in [4.78, 5) is 2.71. The van der Waals surface area contributed by atoms with Crippen molar-refractivity contribution in [2.45, 2.75) is 90.6 Å². The van der Waals surface area contributed by atoms with Crippen LogP contribution in [0.5, 0.6) is 0 Å². The summed E-state index contributed by atoms with van der Waals surface area (Å²) in [5.74, 6) is 1.80. The zero-order valence-electron chi connectivity index (χ0n) is 15.1. The molecule has 0 aromatic heterocycles. The average molecular weight is 295 g/mol. The first-order valence-electron chi connectivity index (χ1n) is 9.21. The quantitative estimate of drug-likeness (QED) is 0.834. The Labute approximate surface area is 132 Å². The van der Waals surface area contributed by atoms with Crippen LogP contribution in [0.3, 0.4) is 0 Å². The Balaban J connectivity index is 1.99. The van der Waals surface area contributed by atoms with Gasteiger partial charge in [-0.05, 0) is 75.7 Å². The molecule has 0 unspecified atom stereocenters. The Hall–Kier alpha value is -0.0800. The standard InChI is InChI=1S/C19H38N2/c1-15-6-8-17(9-7-15)21(5)19(14-20)12-10-16(11-13-19)18(2,3)4/h15-17H,6-14,20H2,1-5H3. The lowest BCUT2D eigenvalue weighted by Crippen LogP contribution is -2.58. The lowest BCUT2D eigenvalue weighted by molar-refractivity contribution is -0.00197. The second-order valence-electron chi connectivity index (χ2n) is 9.09. The maximum atomic E-state index is 6.29. The van der Waals surface area contributed by atoms with Gasteiger partial charge in [-0.2, -0.15) is 0 Å². The molecule has 2 nitrogen and oxygen atoms in total. The molecule has 0 aromatic carbocycles. The molecule has 124 valence electrons. The van der Waals surface area contributed by atoms with Crippen LogP contribution in [0.1, 0.15) is 79.1 Å². The van der Waals surface area contributed by atoms with E-state index in [1.165, 1.54) is 51.4 Å². The van der Waals surface area contributed by atoms with Gasteiger partial charge in [0, 0.05) is 18.1 Å². The fourth-order valence-corrected chi connectivity index (χ4v) is 4.74. The molecule has 0 aliphatic heterocycles. The van der Waals surface area contributed by atoms with Crippen molar-refractivity contribution in [3.05, 3.63) is 0 Å². The summed E-state index contributed by atoms with van der Waals surface area (Å²) in [5.41, 5.74) is 7.03. The minimum absolute atomic E-state index is 0.285. The maximum Gasteiger partial charge on any atom is 0.0331 e. The largest absolute Gasteiger partial charge is 0.329 e. The van der Waals surface area contributed by atoms with E-state index >= 15 is 0 Å². The van der Waals surface area contributed by atoms with Crippen LogP contribution in [0.4, 0.5) is 0 Å². The molecular formula is C19H38N2. The third kappa shape index (κ3) is 3.82. The SMILES string of the molecule is CC1CCC(N(C)C2(CN)CCC(C(C)(C)C)CC2)CC1. The third-order valence-corrected chi connectivity index (χ3v) is 6.80. The van der Waals surface area contributed by atoms with E-state index in [2.05, 4.69) is 39.6 Å². The number of hydrogen-bond acceptors (Lipinski definition) is 2. The highest BCUT2D eigenvalue weighted by molar-refractivity contribution is 4.99. The minimum Gasteiger partial charge on any atom is -0.329 e. The molecule has 2 saturated carbocycles. The lowest BCUT2D eigenvalue weighted by atomic mass is 9.66. The first-order valence-corrected chi connectivity index (χ1v) is 9.21. The van der Waals surface area contributed by atoms with E-state index in [0.717, 1.165) is 24.4 Å². The van der Waals surface area contributed by atoms with Crippen LogP contribution < -0.4 is 5.73 Å².